The highest BCUT2D eigenvalue weighted by Gasteiger charge is 2.16. The number of likely N-dealkylation sites (N-methyl/N-ethyl adjacent to an activating group) is 1. The predicted molar refractivity (Wildman–Crippen MR) is 61.4 cm³/mol. The van der Waals surface area contributed by atoms with E-state index in [1.165, 1.54) is 0 Å². The summed E-state index contributed by atoms with van der Waals surface area (Å²) in [5.74, 6) is 0.590. The van der Waals surface area contributed by atoms with Gasteiger partial charge in [-0.05, 0) is 19.9 Å². The van der Waals surface area contributed by atoms with Crippen LogP contribution in [-0.4, -0.2) is 44.3 Å². The van der Waals surface area contributed by atoms with Gasteiger partial charge in [-0.25, -0.2) is 0 Å². The van der Waals surface area contributed by atoms with Crippen LogP contribution in [0.1, 0.15) is 27.2 Å². The van der Waals surface area contributed by atoms with Gasteiger partial charge in [-0.2, -0.15) is 0 Å². The van der Waals surface area contributed by atoms with Crippen molar-refractivity contribution in [1.82, 2.24) is 4.90 Å². The van der Waals surface area contributed by atoms with Gasteiger partial charge in [0, 0.05) is 25.7 Å². The van der Waals surface area contributed by atoms with E-state index < -0.39 is 0 Å². The molecule has 3 atom stereocenters. The van der Waals surface area contributed by atoms with Crippen LogP contribution in [0.4, 0.5) is 0 Å². The van der Waals surface area contributed by atoms with Gasteiger partial charge in [-0.1, -0.05) is 20.3 Å². The molecule has 0 saturated heterocycles. The molecule has 0 aromatic heterocycles. The van der Waals surface area contributed by atoms with E-state index in [0.717, 1.165) is 19.6 Å². The zero-order chi connectivity index (χ0) is 11.1. The predicted octanol–water partition coefficient (Wildman–Crippen LogP) is 1.33. The average Bonchev–Trinajstić information content (AvgIpc) is 2.16. The zero-order valence-corrected chi connectivity index (χ0v) is 10.3. The quantitative estimate of drug-likeness (QED) is 0.677. The van der Waals surface area contributed by atoms with Gasteiger partial charge in [0.15, 0.2) is 0 Å². The molecular weight excluding hydrogens is 176 g/mol. The van der Waals surface area contributed by atoms with Crippen molar-refractivity contribution in [3.05, 3.63) is 0 Å². The van der Waals surface area contributed by atoms with E-state index in [1.54, 1.807) is 7.11 Å². The van der Waals surface area contributed by atoms with E-state index in [0.29, 0.717) is 12.0 Å². The van der Waals surface area contributed by atoms with Crippen molar-refractivity contribution >= 4 is 0 Å². The second-order valence-electron chi connectivity index (χ2n) is 4.29. The second kappa shape index (κ2) is 7.21. The molecule has 0 heterocycles. The Morgan fingerprint density at radius 2 is 1.93 bits per heavy atom. The molecule has 0 spiro atoms. The maximum atomic E-state index is 6.08. The number of nitrogens with two attached hydrogens (primary N) is 1. The van der Waals surface area contributed by atoms with Crippen molar-refractivity contribution in [2.75, 3.05) is 27.3 Å². The third-order valence-corrected chi connectivity index (χ3v) is 3.03. The van der Waals surface area contributed by atoms with Crippen molar-refractivity contribution in [1.29, 1.82) is 0 Å². The van der Waals surface area contributed by atoms with Gasteiger partial charge < -0.3 is 10.5 Å². The highest BCUT2D eigenvalue weighted by Crippen LogP contribution is 2.07. The van der Waals surface area contributed by atoms with Crippen LogP contribution in [0.15, 0.2) is 0 Å². The van der Waals surface area contributed by atoms with Crippen LogP contribution >= 0.6 is 0 Å². The first kappa shape index (κ1) is 13.9. The smallest absolute Gasteiger partial charge is 0.0615 e. The molecular formula is C11H26N2O. The SMILES string of the molecule is CCC(C)C(N)CN(C)C(C)COC. The number of nitrogens with zero attached hydrogens (tertiary/aromatic N) is 1. The number of hydrogen-bond donors (Lipinski definition) is 1. The van der Waals surface area contributed by atoms with Crippen molar-refractivity contribution in [2.45, 2.75) is 39.3 Å². The van der Waals surface area contributed by atoms with E-state index in [9.17, 15) is 0 Å². The minimum absolute atomic E-state index is 0.268. The molecule has 0 aromatic carbocycles. The second-order valence-corrected chi connectivity index (χ2v) is 4.29. The number of methoxy groups -OCH3 is 1. The number of ether oxygens (including phenoxy) is 1. The van der Waals surface area contributed by atoms with Gasteiger partial charge in [0.2, 0.25) is 0 Å². The number of hydrogen-bond acceptors (Lipinski definition) is 3. The van der Waals surface area contributed by atoms with Crippen molar-refractivity contribution in [3.8, 4) is 0 Å². The minimum atomic E-state index is 0.268. The molecule has 3 unspecified atom stereocenters. The Morgan fingerprint density at radius 1 is 1.36 bits per heavy atom. The highest BCUT2D eigenvalue weighted by atomic mass is 16.5. The van der Waals surface area contributed by atoms with Gasteiger partial charge >= 0.3 is 0 Å². The zero-order valence-electron chi connectivity index (χ0n) is 10.3. The molecule has 0 aliphatic carbocycles. The van der Waals surface area contributed by atoms with E-state index in [4.69, 9.17) is 10.5 Å². The summed E-state index contributed by atoms with van der Waals surface area (Å²) < 4.78 is 5.11. The molecule has 0 bridgehead atoms. The Morgan fingerprint density at radius 3 is 2.36 bits per heavy atom. The Hall–Kier alpha value is -0.120. The molecule has 0 radical (unpaired) electrons. The fraction of sp³-hybridized carbons (Fsp3) is 1.00. The Bertz CT molecular complexity index is 141. The van der Waals surface area contributed by atoms with E-state index >= 15 is 0 Å². The molecule has 0 saturated carbocycles. The minimum Gasteiger partial charge on any atom is -0.383 e. The summed E-state index contributed by atoms with van der Waals surface area (Å²) in [7, 11) is 3.84. The lowest BCUT2D eigenvalue weighted by Crippen LogP contribution is -2.44. The Balaban J connectivity index is 3.85. The van der Waals surface area contributed by atoms with E-state index in [2.05, 4.69) is 32.7 Å². The van der Waals surface area contributed by atoms with Crippen molar-refractivity contribution in [2.24, 2.45) is 11.7 Å². The lowest BCUT2D eigenvalue weighted by atomic mass is 9.99. The first-order valence-corrected chi connectivity index (χ1v) is 5.47. The third kappa shape index (κ3) is 4.94. The first-order valence-electron chi connectivity index (χ1n) is 5.47. The molecule has 0 fully saturated rings. The van der Waals surface area contributed by atoms with Gasteiger partial charge in [0.05, 0.1) is 6.61 Å². The molecule has 14 heavy (non-hydrogen) atoms. The van der Waals surface area contributed by atoms with Gasteiger partial charge in [-0.15, -0.1) is 0 Å². The van der Waals surface area contributed by atoms with Gasteiger partial charge in [0.25, 0.3) is 0 Å². The van der Waals surface area contributed by atoms with E-state index in [-0.39, 0.29) is 6.04 Å². The van der Waals surface area contributed by atoms with Crippen LogP contribution in [-0.2, 0) is 4.74 Å². The van der Waals surface area contributed by atoms with Crippen molar-refractivity contribution < 1.29 is 4.74 Å². The molecule has 0 aliphatic heterocycles. The molecule has 0 rings (SSSR count). The summed E-state index contributed by atoms with van der Waals surface area (Å²) in [5, 5.41) is 0. The Kier molecular flexibility index (Phi) is 7.15. The topological polar surface area (TPSA) is 38.5 Å². The highest BCUT2D eigenvalue weighted by molar-refractivity contribution is 4.74. The molecule has 0 amide bonds. The van der Waals surface area contributed by atoms with Crippen LogP contribution in [0.2, 0.25) is 0 Å². The molecule has 3 nitrogen and oxygen atoms in total. The third-order valence-electron chi connectivity index (χ3n) is 3.03. The first-order chi connectivity index (χ1) is 6.52. The normalized spacial score (nSPS) is 18.2. The maximum absolute atomic E-state index is 6.08. The van der Waals surface area contributed by atoms with Crippen molar-refractivity contribution in [3.63, 3.8) is 0 Å². The average molecular weight is 202 g/mol. The largest absolute Gasteiger partial charge is 0.383 e. The van der Waals surface area contributed by atoms with Crippen LogP contribution in [0.25, 0.3) is 0 Å². The van der Waals surface area contributed by atoms with E-state index in [1.807, 2.05) is 0 Å². The summed E-state index contributed by atoms with van der Waals surface area (Å²) in [6.45, 7) is 8.26. The lowest BCUT2D eigenvalue weighted by Gasteiger charge is -2.29. The van der Waals surface area contributed by atoms with Gasteiger partial charge in [-0.3, -0.25) is 4.90 Å². The molecule has 86 valence electrons. The molecule has 2 N–H and O–H groups in total. The summed E-state index contributed by atoms with van der Waals surface area (Å²) in [6.07, 6.45) is 1.15. The maximum Gasteiger partial charge on any atom is 0.0615 e. The van der Waals surface area contributed by atoms with Crippen LogP contribution in [0.3, 0.4) is 0 Å². The molecule has 3 heteroatoms. The summed E-state index contributed by atoms with van der Waals surface area (Å²) >= 11 is 0. The fourth-order valence-corrected chi connectivity index (χ4v) is 1.36. The Labute approximate surface area is 88.6 Å². The summed E-state index contributed by atoms with van der Waals surface area (Å²) in [4.78, 5) is 2.26. The molecule has 0 aliphatic rings. The standard InChI is InChI=1S/C11H26N2O/c1-6-9(2)11(12)7-13(4)10(3)8-14-5/h9-11H,6-8,12H2,1-5H3. The molecule has 0 aromatic rings. The lowest BCUT2D eigenvalue weighted by molar-refractivity contribution is 0.108. The van der Waals surface area contributed by atoms with Crippen LogP contribution in [0, 0.1) is 5.92 Å². The monoisotopic (exact) mass is 202 g/mol. The van der Waals surface area contributed by atoms with Gasteiger partial charge in [0.1, 0.15) is 0 Å². The summed E-state index contributed by atoms with van der Waals surface area (Å²) in [5.41, 5.74) is 6.08. The number of rotatable bonds is 7. The summed E-state index contributed by atoms with van der Waals surface area (Å²) in [6, 6.07) is 0.708. The van der Waals surface area contributed by atoms with Crippen LogP contribution < -0.4 is 5.73 Å². The van der Waals surface area contributed by atoms with Crippen LogP contribution in [0.5, 0.6) is 0 Å². The fourth-order valence-electron chi connectivity index (χ4n) is 1.36.